The number of fused-ring (bicyclic) bond motifs is 2. The molecular weight excluding hydrogens is 478 g/mol. The number of benzene rings is 1. The summed E-state index contributed by atoms with van der Waals surface area (Å²) in [5, 5.41) is 20.4. The number of nitrogens with one attached hydrogen (secondary N) is 1. The molecule has 2 fully saturated rings. The number of carbonyl (C=O) groups excluding carboxylic acids is 2. The molecule has 36 heavy (non-hydrogen) atoms. The van der Waals surface area contributed by atoms with Gasteiger partial charge in [0.1, 0.15) is 0 Å². The fourth-order valence-corrected chi connectivity index (χ4v) is 8.94. The average molecular weight is 514 g/mol. The van der Waals surface area contributed by atoms with Crippen LogP contribution in [0.5, 0.6) is 0 Å². The molecule has 3 aliphatic heterocycles. The van der Waals surface area contributed by atoms with Crippen molar-refractivity contribution >= 4 is 31.5 Å². The molecule has 4 atom stereocenters. The Bertz CT molecular complexity index is 1160. The Balaban J connectivity index is 1.47. The number of rotatable bonds is 7. The lowest BCUT2D eigenvalue weighted by Gasteiger charge is -2.32. The minimum absolute atomic E-state index is 0.0103. The Morgan fingerprint density at radius 1 is 1.28 bits per heavy atom. The van der Waals surface area contributed by atoms with Gasteiger partial charge in [-0.2, -0.15) is 0 Å². The molecule has 0 radical (unpaired) electrons. The number of hydrogen-bond donors (Lipinski definition) is 3. The molecule has 3 aliphatic rings. The normalized spacial score (nSPS) is 28.1. The third-order valence-corrected chi connectivity index (χ3v) is 10.5. The number of aliphatic hydroxyl groups is 1. The van der Waals surface area contributed by atoms with Crippen LogP contribution in [0, 0.1) is 5.92 Å². The van der Waals surface area contributed by atoms with E-state index in [0.29, 0.717) is 43.7 Å². The van der Waals surface area contributed by atoms with E-state index in [9.17, 15) is 14.4 Å². The predicted molar refractivity (Wildman–Crippen MR) is 136 cm³/mol. The Morgan fingerprint density at radius 2 is 2.08 bits per heavy atom. The highest BCUT2D eigenvalue weighted by molar-refractivity contribution is 6.71. The maximum absolute atomic E-state index is 13.6. The molecule has 1 aromatic carbocycles. The summed E-state index contributed by atoms with van der Waals surface area (Å²) >= 11 is 0. The lowest BCUT2D eigenvalue weighted by atomic mass is 9.82. The first-order valence-corrected chi connectivity index (χ1v) is 15.8. The fraction of sp³-hybridized carbons (Fsp3) is 0.600. The van der Waals surface area contributed by atoms with E-state index in [-0.39, 0.29) is 36.0 Å². The van der Waals surface area contributed by atoms with Gasteiger partial charge in [0, 0.05) is 67.1 Å². The van der Waals surface area contributed by atoms with Gasteiger partial charge in [0.15, 0.2) is 13.9 Å². The second-order valence-corrected chi connectivity index (χ2v) is 14.8. The Hall–Kier alpha value is -2.60. The molecule has 11 heteroatoms. The number of aromatic nitrogens is 3. The van der Waals surface area contributed by atoms with Crippen molar-refractivity contribution in [3.05, 3.63) is 35.7 Å². The second kappa shape index (κ2) is 9.36. The van der Waals surface area contributed by atoms with Crippen molar-refractivity contribution < 1.29 is 24.2 Å². The molecular formula is C25H35N5O5Si. The predicted octanol–water partition coefficient (Wildman–Crippen LogP) is 2.17. The van der Waals surface area contributed by atoms with Crippen LogP contribution in [0.25, 0.3) is 0 Å². The van der Waals surface area contributed by atoms with Crippen molar-refractivity contribution in [2.24, 2.45) is 5.92 Å². The molecule has 1 aromatic heterocycles. The first kappa shape index (κ1) is 25.1. The third kappa shape index (κ3) is 4.17. The summed E-state index contributed by atoms with van der Waals surface area (Å²) in [6, 6.07) is 5.67. The van der Waals surface area contributed by atoms with E-state index in [4.69, 9.17) is 9.84 Å². The van der Waals surface area contributed by atoms with Gasteiger partial charge in [-0.05, 0) is 50.6 Å². The van der Waals surface area contributed by atoms with Gasteiger partial charge in [0.2, 0.25) is 5.91 Å². The van der Waals surface area contributed by atoms with E-state index in [1.165, 1.54) is 0 Å². The van der Waals surface area contributed by atoms with Crippen LogP contribution in [0.15, 0.2) is 24.4 Å². The van der Waals surface area contributed by atoms with E-state index >= 15 is 0 Å². The summed E-state index contributed by atoms with van der Waals surface area (Å²) in [5.74, 6) is -0.381. The summed E-state index contributed by atoms with van der Waals surface area (Å²) in [6.07, 6.45) is 4.84. The molecule has 2 amide bonds. The van der Waals surface area contributed by atoms with Crippen LogP contribution >= 0.6 is 0 Å². The van der Waals surface area contributed by atoms with E-state index in [1.54, 1.807) is 15.8 Å². The van der Waals surface area contributed by atoms with Crippen LogP contribution in [0.3, 0.4) is 0 Å². The van der Waals surface area contributed by atoms with Crippen LogP contribution in [0.2, 0.25) is 18.6 Å². The van der Waals surface area contributed by atoms with Crippen molar-refractivity contribution in [1.29, 1.82) is 0 Å². The molecule has 0 bridgehead atoms. The number of piperidine rings is 1. The summed E-state index contributed by atoms with van der Waals surface area (Å²) in [4.78, 5) is 39.3. The third-order valence-electron chi connectivity index (χ3n) is 7.95. The monoisotopic (exact) mass is 513 g/mol. The van der Waals surface area contributed by atoms with Crippen molar-refractivity contribution in [1.82, 2.24) is 15.0 Å². The smallest absolute Gasteiger partial charge is 0.261 e. The largest absolute Gasteiger partial charge is 0.432 e. The Labute approximate surface area is 211 Å². The highest BCUT2D eigenvalue weighted by Crippen LogP contribution is 2.58. The topological polar surface area (TPSA) is 130 Å². The second-order valence-electron chi connectivity index (χ2n) is 10.8. The Morgan fingerprint density at radius 3 is 2.81 bits per heavy atom. The number of hydrogen-bond acceptors (Lipinski definition) is 7. The van der Waals surface area contributed by atoms with Gasteiger partial charge in [-0.15, -0.1) is 5.10 Å². The molecule has 0 saturated carbocycles. The molecule has 10 nitrogen and oxygen atoms in total. The van der Waals surface area contributed by atoms with Crippen molar-refractivity contribution in [2.75, 3.05) is 23.4 Å². The summed E-state index contributed by atoms with van der Waals surface area (Å²) in [5.41, 5.74) is 1.53. The molecule has 1 spiro atoms. The summed E-state index contributed by atoms with van der Waals surface area (Å²) in [7, 11) is -2.75. The van der Waals surface area contributed by atoms with Crippen LogP contribution in [-0.4, -0.2) is 64.3 Å². The molecule has 3 N–H and O–H groups in total. The zero-order valence-electron chi connectivity index (χ0n) is 21.1. The number of carbonyl (C=O) groups is 2. The fourth-order valence-electron chi connectivity index (χ4n) is 6.34. The van der Waals surface area contributed by atoms with E-state index in [1.807, 2.05) is 38.2 Å². The molecule has 2 saturated heterocycles. The quantitative estimate of drug-likeness (QED) is 0.484. The van der Waals surface area contributed by atoms with Gasteiger partial charge < -0.3 is 24.9 Å². The molecule has 0 aliphatic carbocycles. The van der Waals surface area contributed by atoms with Crippen LogP contribution in [-0.2, 0) is 32.9 Å². The lowest BCUT2D eigenvalue weighted by Crippen LogP contribution is -2.43. The number of amides is 2. The minimum atomic E-state index is -2.75. The number of aryl methyl sites for hydroxylation is 1. The SMILES string of the molecule is C[C@H]1[C@H]([Si](C)(C)O)[C@@H](CCn2cc(CCO)nn2)O[C@]12C(=O)Nc1ccc(N3CCCCC3=O)cc12. The van der Waals surface area contributed by atoms with Crippen LogP contribution in [0.1, 0.15) is 43.9 Å². The van der Waals surface area contributed by atoms with Gasteiger partial charge in [0.05, 0.1) is 11.8 Å². The van der Waals surface area contributed by atoms with Gasteiger partial charge in [-0.3, -0.25) is 14.3 Å². The van der Waals surface area contributed by atoms with Crippen molar-refractivity contribution in [2.45, 2.75) is 75.9 Å². The maximum atomic E-state index is 13.6. The molecule has 0 unspecified atom stereocenters. The van der Waals surface area contributed by atoms with E-state index < -0.39 is 13.9 Å². The van der Waals surface area contributed by atoms with Gasteiger partial charge in [0.25, 0.3) is 5.91 Å². The maximum Gasteiger partial charge on any atom is 0.261 e. The average Bonchev–Trinajstić information content (AvgIpc) is 3.48. The van der Waals surface area contributed by atoms with Crippen LogP contribution in [0.4, 0.5) is 11.4 Å². The van der Waals surface area contributed by atoms with Gasteiger partial charge in [-0.25, -0.2) is 0 Å². The van der Waals surface area contributed by atoms with Gasteiger partial charge >= 0.3 is 0 Å². The molecule has 194 valence electrons. The van der Waals surface area contributed by atoms with Crippen LogP contribution < -0.4 is 10.2 Å². The van der Waals surface area contributed by atoms with Crippen molar-refractivity contribution in [3.8, 4) is 0 Å². The Kier molecular flexibility index (Phi) is 6.52. The summed E-state index contributed by atoms with van der Waals surface area (Å²) < 4.78 is 8.42. The highest BCUT2D eigenvalue weighted by atomic mass is 28.4. The first-order chi connectivity index (χ1) is 17.1. The summed E-state index contributed by atoms with van der Waals surface area (Å²) in [6.45, 7) is 6.99. The molecule has 4 heterocycles. The van der Waals surface area contributed by atoms with Crippen molar-refractivity contribution in [3.63, 3.8) is 0 Å². The zero-order valence-corrected chi connectivity index (χ0v) is 22.1. The molecule has 2 aromatic rings. The standard InChI is InChI=1S/C25H35N5O5Si/c1-16-23(36(2,3)34)21(9-12-29-15-17(10-13-31)27-28-29)35-25(16)19-14-18(7-8-20(19)26-24(25)33)30-11-5-4-6-22(30)32/h7-8,14-16,21,23,31,34H,4-6,9-13H2,1-3H3,(H,26,33)/t16-,21+,23-,25+/m0/s1. The first-order valence-electron chi connectivity index (χ1n) is 12.8. The zero-order chi connectivity index (χ0) is 25.7. The van der Waals surface area contributed by atoms with E-state index in [2.05, 4.69) is 15.6 Å². The number of aliphatic hydroxyl groups excluding tert-OH is 1. The molecule has 5 rings (SSSR count). The number of ether oxygens (including phenoxy) is 1. The number of nitrogens with zero attached hydrogens (tertiary/aromatic N) is 4. The van der Waals surface area contributed by atoms with Gasteiger partial charge in [-0.1, -0.05) is 12.1 Å². The number of anilines is 2. The highest BCUT2D eigenvalue weighted by Gasteiger charge is 2.64. The lowest BCUT2D eigenvalue weighted by molar-refractivity contribution is -0.143. The minimum Gasteiger partial charge on any atom is -0.432 e. The van der Waals surface area contributed by atoms with E-state index in [0.717, 1.165) is 24.1 Å².